The zero-order valence-corrected chi connectivity index (χ0v) is 16.5. The summed E-state index contributed by atoms with van der Waals surface area (Å²) in [6.07, 6.45) is 0. The van der Waals surface area contributed by atoms with Crippen molar-refractivity contribution < 1.29 is 4.79 Å². The molecule has 8 heteroatoms. The molecule has 2 heterocycles. The first-order chi connectivity index (χ1) is 12.9. The molecular formula is C19H21N5O2S. The number of hydrogen-bond acceptors (Lipinski definition) is 5. The Morgan fingerprint density at radius 2 is 1.85 bits per heavy atom. The fourth-order valence-corrected chi connectivity index (χ4v) is 3.59. The minimum absolute atomic E-state index is 0.162. The lowest BCUT2D eigenvalue weighted by atomic mass is 10.3. The van der Waals surface area contributed by atoms with Gasteiger partial charge in [0.15, 0.2) is 0 Å². The van der Waals surface area contributed by atoms with Gasteiger partial charge in [-0.05, 0) is 39.0 Å². The largest absolute Gasteiger partial charge is 0.319 e. The molecule has 0 atom stereocenters. The maximum atomic E-state index is 12.8. The van der Waals surface area contributed by atoms with Crippen LogP contribution in [-0.4, -0.2) is 31.0 Å². The molecule has 2 aromatic heterocycles. The van der Waals surface area contributed by atoms with E-state index in [0.717, 1.165) is 16.4 Å². The summed E-state index contributed by atoms with van der Waals surface area (Å²) in [6, 6.07) is 11.2. The van der Waals surface area contributed by atoms with Gasteiger partial charge in [0.05, 0.1) is 17.1 Å². The number of nitrogens with zero attached hydrogens (tertiary/aromatic N) is 4. The van der Waals surface area contributed by atoms with E-state index in [1.165, 1.54) is 16.4 Å². The molecule has 140 valence electrons. The topological polar surface area (TPSA) is 81.8 Å². The van der Waals surface area contributed by atoms with Crippen LogP contribution in [-0.2, 0) is 11.8 Å². The number of rotatable bonds is 5. The molecule has 0 radical (unpaired) electrons. The highest BCUT2D eigenvalue weighted by atomic mass is 32.2. The molecule has 3 aromatic rings. The molecule has 1 amide bonds. The van der Waals surface area contributed by atoms with Crippen LogP contribution in [0.5, 0.6) is 0 Å². The SMILES string of the molecule is Cc1cc(SCC(=O)Nc2c(C)n(C)n(-c3ccccc3)c2=O)nc(C)n1. The molecule has 0 aliphatic rings. The average Bonchev–Trinajstić information content (AvgIpc) is 2.83. The van der Waals surface area contributed by atoms with E-state index >= 15 is 0 Å². The zero-order valence-electron chi connectivity index (χ0n) is 15.7. The number of benzene rings is 1. The molecule has 0 bridgehead atoms. The molecule has 1 aromatic carbocycles. The summed E-state index contributed by atoms with van der Waals surface area (Å²) in [5.41, 5.74) is 2.33. The van der Waals surface area contributed by atoms with Crippen molar-refractivity contribution in [3.05, 3.63) is 64.0 Å². The fourth-order valence-electron chi connectivity index (χ4n) is 2.78. The van der Waals surface area contributed by atoms with Crippen LogP contribution in [0.1, 0.15) is 17.2 Å². The van der Waals surface area contributed by atoms with Crippen molar-refractivity contribution in [2.24, 2.45) is 7.05 Å². The van der Waals surface area contributed by atoms with E-state index in [1.807, 2.05) is 50.2 Å². The van der Waals surface area contributed by atoms with Crippen molar-refractivity contribution in [2.75, 3.05) is 11.1 Å². The number of anilines is 1. The van der Waals surface area contributed by atoms with Crippen molar-refractivity contribution in [2.45, 2.75) is 25.8 Å². The number of nitrogens with one attached hydrogen (secondary N) is 1. The Hall–Kier alpha value is -2.87. The number of carbonyl (C=O) groups is 1. The number of aromatic nitrogens is 4. The normalized spacial score (nSPS) is 10.8. The van der Waals surface area contributed by atoms with Crippen molar-refractivity contribution in [1.82, 2.24) is 19.3 Å². The van der Waals surface area contributed by atoms with Gasteiger partial charge in [0, 0.05) is 12.7 Å². The lowest BCUT2D eigenvalue weighted by Gasteiger charge is -2.07. The average molecular weight is 383 g/mol. The summed E-state index contributed by atoms with van der Waals surface area (Å²) < 4.78 is 3.27. The van der Waals surface area contributed by atoms with Gasteiger partial charge >= 0.3 is 0 Å². The van der Waals surface area contributed by atoms with E-state index in [-0.39, 0.29) is 17.2 Å². The number of aryl methyl sites for hydroxylation is 2. The molecule has 0 fully saturated rings. The Balaban J connectivity index is 1.77. The first-order valence-electron chi connectivity index (χ1n) is 8.46. The predicted molar refractivity (Wildman–Crippen MR) is 107 cm³/mol. The maximum Gasteiger partial charge on any atom is 0.295 e. The third-order valence-corrected chi connectivity index (χ3v) is 5.02. The van der Waals surface area contributed by atoms with Crippen LogP contribution in [0.4, 0.5) is 5.69 Å². The van der Waals surface area contributed by atoms with Crippen LogP contribution in [0.2, 0.25) is 0 Å². The van der Waals surface area contributed by atoms with Gasteiger partial charge in [-0.3, -0.25) is 14.3 Å². The van der Waals surface area contributed by atoms with Gasteiger partial charge < -0.3 is 5.32 Å². The number of carbonyl (C=O) groups excluding carboxylic acids is 1. The van der Waals surface area contributed by atoms with Crippen molar-refractivity contribution in [1.29, 1.82) is 0 Å². The van der Waals surface area contributed by atoms with Crippen LogP contribution in [0.15, 0.2) is 46.2 Å². The van der Waals surface area contributed by atoms with Gasteiger partial charge in [0.2, 0.25) is 5.91 Å². The van der Waals surface area contributed by atoms with Gasteiger partial charge in [-0.1, -0.05) is 30.0 Å². The molecule has 0 aliphatic heterocycles. The zero-order chi connectivity index (χ0) is 19.6. The molecule has 0 aliphatic carbocycles. The highest BCUT2D eigenvalue weighted by molar-refractivity contribution is 7.99. The number of para-hydroxylation sites is 1. The first-order valence-corrected chi connectivity index (χ1v) is 9.44. The fraction of sp³-hybridized carbons (Fsp3) is 0.263. The minimum Gasteiger partial charge on any atom is -0.319 e. The second-order valence-electron chi connectivity index (χ2n) is 6.17. The molecule has 3 rings (SSSR count). The molecular weight excluding hydrogens is 362 g/mol. The summed E-state index contributed by atoms with van der Waals surface area (Å²) in [5, 5.41) is 3.49. The lowest BCUT2D eigenvalue weighted by molar-refractivity contribution is -0.113. The van der Waals surface area contributed by atoms with E-state index in [2.05, 4.69) is 15.3 Å². The Morgan fingerprint density at radius 3 is 2.52 bits per heavy atom. The minimum atomic E-state index is -0.256. The maximum absolute atomic E-state index is 12.8. The van der Waals surface area contributed by atoms with Crippen LogP contribution >= 0.6 is 11.8 Å². The Morgan fingerprint density at radius 1 is 1.15 bits per heavy atom. The summed E-state index contributed by atoms with van der Waals surface area (Å²) in [4.78, 5) is 33.7. The van der Waals surface area contributed by atoms with Gasteiger partial charge in [0.25, 0.3) is 5.56 Å². The van der Waals surface area contributed by atoms with Crippen LogP contribution in [0.25, 0.3) is 5.69 Å². The number of amides is 1. The Bertz CT molecular complexity index is 1020. The summed E-state index contributed by atoms with van der Waals surface area (Å²) in [7, 11) is 1.79. The van der Waals surface area contributed by atoms with Gasteiger partial charge in [-0.2, -0.15) is 0 Å². The Labute approximate surface area is 161 Å². The highest BCUT2D eigenvalue weighted by Crippen LogP contribution is 2.18. The van der Waals surface area contributed by atoms with E-state index in [1.54, 1.807) is 18.7 Å². The molecule has 0 unspecified atom stereocenters. The van der Waals surface area contributed by atoms with Gasteiger partial charge in [-0.15, -0.1) is 0 Å². The highest BCUT2D eigenvalue weighted by Gasteiger charge is 2.18. The molecule has 0 saturated carbocycles. The van der Waals surface area contributed by atoms with E-state index in [9.17, 15) is 9.59 Å². The third kappa shape index (κ3) is 4.11. The number of hydrogen-bond donors (Lipinski definition) is 1. The molecule has 0 saturated heterocycles. The predicted octanol–water partition coefficient (Wildman–Crippen LogP) is 2.62. The number of thioether (sulfide) groups is 1. The standard InChI is InChI=1S/C19H21N5O2S/c1-12-10-17(21-14(3)20-12)27-11-16(25)22-18-13(2)23(4)24(19(18)26)15-8-6-5-7-9-15/h5-10H,11H2,1-4H3,(H,22,25). The second kappa shape index (κ2) is 7.79. The molecule has 1 N–H and O–H groups in total. The van der Waals surface area contributed by atoms with E-state index in [0.29, 0.717) is 17.2 Å². The molecule has 7 nitrogen and oxygen atoms in total. The monoisotopic (exact) mass is 383 g/mol. The van der Waals surface area contributed by atoms with E-state index < -0.39 is 0 Å². The summed E-state index contributed by atoms with van der Waals surface area (Å²) in [5.74, 6) is 0.581. The smallest absolute Gasteiger partial charge is 0.295 e. The molecule has 27 heavy (non-hydrogen) atoms. The lowest BCUT2D eigenvalue weighted by Crippen LogP contribution is -2.23. The first kappa shape index (κ1) is 18.9. The van der Waals surface area contributed by atoms with Crippen LogP contribution in [0, 0.1) is 20.8 Å². The van der Waals surface area contributed by atoms with Crippen molar-refractivity contribution in [3.8, 4) is 5.69 Å². The third-order valence-electron chi connectivity index (χ3n) is 4.11. The van der Waals surface area contributed by atoms with Gasteiger partial charge in [0.1, 0.15) is 16.5 Å². The van der Waals surface area contributed by atoms with Crippen LogP contribution in [0.3, 0.4) is 0 Å². The van der Waals surface area contributed by atoms with Crippen LogP contribution < -0.4 is 10.9 Å². The second-order valence-corrected chi connectivity index (χ2v) is 7.16. The van der Waals surface area contributed by atoms with Gasteiger partial charge in [-0.25, -0.2) is 14.6 Å². The molecule has 0 spiro atoms. The van der Waals surface area contributed by atoms with Crippen molar-refractivity contribution >= 4 is 23.4 Å². The quantitative estimate of drug-likeness (QED) is 0.541. The Kier molecular flexibility index (Phi) is 5.46. The summed E-state index contributed by atoms with van der Waals surface area (Å²) >= 11 is 1.32. The summed E-state index contributed by atoms with van der Waals surface area (Å²) in [6.45, 7) is 5.51. The van der Waals surface area contributed by atoms with Crippen molar-refractivity contribution in [3.63, 3.8) is 0 Å². The van der Waals surface area contributed by atoms with E-state index in [4.69, 9.17) is 0 Å².